The van der Waals surface area contributed by atoms with Crippen LogP contribution >= 0.6 is 23.1 Å². The highest BCUT2D eigenvalue weighted by Crippen LogP contribution is 2.31. The zero-order valence-electron chi connectivity index (χ0n) is 17.7. The predicted molar refractivity (Wildman–Crippen MR) is 123 cm³/mol. The maximum atomic E-state index is 13.0. The van der Waals surface area contributed by atoms with Crippen LogP contribution in [0.4, 0.5) is 4.79 Å². The third-order valence-corrected chi connectivity index (χ3v) is 6.79. The van der Waals surface area contributed by atoms with Crippen LogP contribution in [-0.4, -0.2) is 58.2 Å². The average molecular weight is 476 g/mol. The van der Waals surface area contributed by atoms with E-state index < -0.39 is 12.0 Å². The second-order valence-corrected chi connectivity index (χ2v) is 8.79. The molecule has 11 heteroatoms. The number of hydrogen-bond acceptors (Lipinski definition) is 8. The van der Waals surface area contributed by atoms with Gasteiger partial charge in [-0.3, -0.25) is 15.0 Å². The van der Waals surface area contributed by atoms with Gasteiger partial charge in [-0.25, -0.2) is 20.2 Å². The van der Waals surface area contributed by atoms with Gasteiger partial charge >= 0.3 is 6.09 Å². The Morgan fingerprint density at radius 2 is 2.12 bits per heavy atom. The maximum Gasteiger partial charge on any atom is 0.426 e. The molecular weight excluding hydrogens is 450 g/mol. The summed E-state index contributed by atoms with van der Waals surface area (Å²) in [5.74, 6) is 0.336. The molecule has 1 aliphatic rings. The van der Waals surface area contributed by atoms with Gasteiger partial charge in [-0.05, 0) is 31.9 Å². The molecule has 0 atom stereocenters. The third-order valence-electron chi connectivity index (χ3n) is 4.78. The van der Waals surface area contributed by atoms with E-state index in [9.17, 15) is 14.4 Å². The van der Waals surface area contributed by atoms with Crippen LogP contribution in [0.5, 0.6) is 0 Å². The number of pyridine rings is 1. The Bertz CT molecular complexity index is 973. The van der Waals surface area contributed by atoms with E-state index in [0.29, 0.717) is 29.4 Å². The predicted octanol–water partition coefficient (Wildman–Crippen LogP) is 3.23. The molecule has 9 nitrogen and oxygen atoms in total. The minimum Gasteiger partial charge on any atom is -0.449 e. The smallest absolute Gasteiger partial charge is 0.426 e. The highest BCUT2D eigenvalue weighted by Gasteiger charge is 2.28. The fourth-order valence-corrected chi connectivity index (χ4v) is 4.92. The summed E-state index contributed by atoms with van der Waals surface area (Å²) in [7, 11) is 0. The van der Waals surface area contributed by atoms with Crippen molar-refractivity contribution < 1.29 is 19.1 Å². The summed E-state index contributed by atoms with van der Waals surface area (Å²) >= 11 is 2.90. The molecule has 0 bridgehead atoms. The van der Waals surface area contributed by atoms with Gasteiger partial charge in [0.15, 0.2) is 0 Å². The normalized spacial score (nSPS) is 14.0. The number of amides is 3. The lowest BCUT2D eigenvalue weighted by atomic mass is 9.97. The van der Waals surface area contributed by atoms with Crippen molar-refractivity contribution >= 4 is 41.0 Å². The zero-order valence-corrected chi connectivity index (χ0v) is 19.3. The van der Waals surface area contributed by atoms with Crippen LogP contribution in [0.2, 0.25) is 0 Å². The monoisotopic (exact) mass is 475 g/mol. The van der Waals surface area contributed by atoms with Crippen molar-refractivity contribution in [3.63, 3.8) is 0 Å². The topological polar surface area (TPSA) is 114 Å². The Hall–Kier alpha value is -2.92. The molecule has 0 spiro atoms. The number of aromatic nitrogens is 2. The largest absolute Gasteiger partial charge is 0.449 e. The average Bonchev–Trinajstić information content (AvgIpc) is 3.32. The Morgan fingerprint density at radius 1 is 1.34 bits per heavy atom. The van der Waals surface area contributed by atoms with Crippen molar-refractivity contribution in [2.75, 3.05) is 25.4 Å². The molecule has 0 unspecified atom stereocenters. The molecule has 32 heavy (non-hydrogen) atoms. The fraction of sp³-hybridized carbons (Fsp3) is 0.381. The summed E-state index contributed by atoms with van der Waals surface area (Å²) in [6, 6.07) is 3.58. The molecule has 3 rings (SSSR count). The van der Waals surface area contributed by atoms with Crippen molar-refractivity contribution in [1.82, 2.24) is 25.7 Å². The second-order valence-electron chi connectivity index (χ2n) is 6.89. The van der Waals surface area contributed by atoms with Gasteiger partial charge in [-0.15, -0.1) is 29.7 Å². The molecule has 3 amide bonds. The summed E-state index contributed by atoms with van der Waals surface area (Å²) in [4.78, 5) is 47.1. The summed E-state index contributed by atoms with van der Waals surface area (Å²) in [6.07, 6.45) is 4.27. The molecule has 2 N–H and O–H groups in total. The number of nitrogens with zero attached hydrogens (tertiary/aromatic N) is 3. The number of nitrogens with one attached hydrogen (secondary N) is 2. The minimum absolute atomic E-state index is 0.0210. The first kappa shape index (κ1) is 23.7. The van der Waals surface area contributed by atoms with E-state index in [1.54, 1.807) is 30.6 Å². The first-order chi connectivity index (χ1) is 15.5. The highest BCUT2D eigenvalue weighted by molar-refractivity contribution is 7.99. The number of thiazole rings is 1. The van der Waals surface area contributed by atoms with Crippen molar-refractivity contribution in [3.8, 4) is 0 Å². The van der Waals surface area contributed by atoms with E-state index >= 15 is 0 Å². The molecular formula is C21H25N5O4S2. The van der Waals surface area contributed by atoms with Crippen LogP contribution in [0.25, 0.3) is 0 Å². The number of hydrogen-bond donors (Lipinski definition) is 2. The highest BCUT2D eigenvalue weighted by atomic mass is 32.2. The van der Waals surface area contributed by atoms with Crippen LogP contribution in [0.1, 0.15) is 51.5 Å². The molecule has 170 valence electrons. The first-order valence-corrected chi connectivity index (χ1v) is 12.1. The minimum atomic E-state index is -0.729. The van der Waals surface area contributed by atoms with Gasteiger partial charge in [0, 0.05) is 36.3 Å². The third kappa shape index (κ3) is 6.07. The first-order valence-electron chi connectivity index (χ1n) is 10.2. The van der Waals surface area contributed by atoms with Gasteiger partial charge in [-0.1, -0.05) is 6.08 Å². The Morgan fingerprint density at radius 3 is 2.84 bits per heavy atom. The van der Waals surface area contributed by atoms with Gasteiger partial charge in [0.05, 0.1) is 17.2 Å². The quantitative estimate of drug-likeness (QED) is 0.359. The van der Waals surface area contributed by atoms with Gasteiger partial charge in [0.1, 0.15) is 10.7 Å². The van der Waals surface area contributed by atoms with Gasteiger partial charge in [-0.2, -0.15) is 0 Å². The zero-order chi connectivity index (χ0) is 22.9. The summed E-state index contributed by atoms with van der Waals surface area (Å²) in [6.45, 7) is 6.81. The molecule has 0 aliphatic carbocycles. The van der Waals surface area contributed by atoms with Crippen molar-refractivity contribution in [2.24, 2.45) is 0 Å². The van der Waals surface area contributed by atoms with E-state index in [1.807, 2.05) is 11.0 Å². The molecule has 1 saturated heterocycles. The molecule has 2 aromatic heterocycles. The number of likely N-dealkylation sites (tertiary alicyclic amines) is 1. The Kier molecular flexibility index (Phi) is 8.63. The SMILES string of the molecule is C=CCSc1ncccc1C(=O)N1CCC(c2nc(C(=O)NNC(=O)OCC)cs2)CC1. The molecule has 1 fully saturated rings. The molecule has 2 aromatic rings. The summed E-state index contributed by atoms with van der Waals surface area (Å²) in [5, 5.41) is 3.22. The van der Waals surface area contributed by atoms with Gasteiger partial charge in [0.25, 0.3) is 11.8 Å². The van der Waals surface area contributed by atoms with E-state index in [-0.39, 0.29) is 24.1 Å². The molecule has 3 heterocycles. The van der Waals surface area contributed by atoms with Crippen LogP contribution in [0.3, 0.4) is 0 Å². The standard InChI is InChI=1S/C21H25N5O4S2/c1-3-12-31-19-15(6-5-9-22-19)20(28)26-10-7-14(8-11-26)18-23-16(13-32-18)17(27)24-25-21(29)30-4-2/h3,5-6,9,13-14H,1,4,7-8,10-12H2,2H3,(H,24,27)(H,25,29). The van der Waals surface area contributed by atoms with Crippen molar-refractivity contribution in [2.45, 2.75) is 30.7 Å². The van der Waals surface area contributed by atoms with Gasteiger partial charge in [0.2, 0.25) is 0 Å². The molecule has 1 aliphatic heterocycles. The summed E-state index contributed by atoms with van der Waals surface area (Å²) in [5.41, 5.74) is 5.29. The molecule has 0 aromatic carbocycles. The lowest BCUT2D eigenvalue weighted by Gasteiger charge is -2.31. The number of hydrazine groups is 1. The van der Waals surface area contributed by atoms with Crippen molar-refractivity contribution in [1.29, 1.82) is 0 Å². The van der Waals surface area contributed by atoms with E-state index in [2.05, 4.69) is 27.4 Å². The number of rotatable bonds is 7. The van der Waals surface area contributed by atoms with E-state index in [0.717, 1.165) is 17.8 Å². The second kappa shape index (κ2) is 11.6. The van der Waals surface area contributed by atoms with Crippen LogP contribution < -0.4 is 10.9 Å². The maximum absolute atomic E-state index is 13.0. The Balaban J connectivity index is 1.55. The molecule has 0 saturated carbocycles. The number of ether oxygens (including phenoxy) is 1. The number of piperidine rings is 1. The van der Waals surface area contributed by atoms with E-state index in [4.69, 9.17) is 4.74 Å². The number of thioether (sulfide) groups is 1. The molecule has 0 radical (unpaired) electrons. The fourth-order valence-electron chi connectivity index (χ4n) is 3.22. The van der Waals surface area contributed by atoms with Crippen LogP contribution in [0, 0.1) is 0 Å². The lowest BCUT2D eigenvalue weighted by molar-refractivity contribution is 0.0708. The van der Waals surface area contributed by atoms with E-state index in [1.165, 1.54) is 23.1 Å². The lowest BCUT2D eigenvalue weighted by Crippen LogP contribution is -2.42. The van der Waals surface area contributed by atoms with Crippen molar-refractivity contribution in [3.05, 3.63) is 52.6 Å². The summed E-state index contributed by atoms with van der Waals surface area (Å²) < 4.78 is 4.69. The van der Waals surface area contributed by atoms with Gasteiger partial charge < -0.3 is 9.64 Å². The number of carbonyl (C=O) groups is 3. The Labute approximate surface area is 194 Å². The van der Waals surface area contributed by atoms with Crippen LogP contribution in [-0.2, 0) is 4.74 Å². The number of carbonyl (C=O) groups excluding carboxylic acids is 3. The van der Waals surface area contributed by atoms with Crippen LogP contribution in [0.15, 0.2) is 41.4 Å².